The summed E-state index contributed by atoms with van der Waals surface area (Å²) in [5, 5.41) is 10.2. The molecule has 1 aromatic heterocycles. The average Bonchev–Trinajstić information content (AvgIpc) is 2.96. The van der Waals surface area contributed by atoms with Gasteiger partial charge in [-0.05, 0) is 29.7 Å². The lowest BCUT2D eigenvalue weighted by atomic mass is 10.0. The lowest BCUT2D eigenvalue weighted by Crippen LogP contribution is -2.33. The Bertz CT molecular complexity index is 848. The number of amides is 1. The van der Waals surface area contributed by atoms with Crippen LogP contribution in [0.3, 0.4) is 0 Å². The van der Waals surface area contributed by atoms with Crippen molar-refractivity contribution < 1.29 is 9.53 Å². The van der Waals surface area contributed by atoms with Crippen LogP contribution < -0.4 is 4.74 Å². The maximum atomic E-state index is 11.6. The Hall–Kier alpha value is -2.65. The zero-order valence-electron chi connectivity index (χ0n) is 13.6. The molecule has 1 aliphatic rings. The van der Waals surface area contributed by atoms with Crippen molar-refractivity contribution in [2.75, 3.05) is 13.7 Å². The third kappa shape index (κ3) is 3.17. The quantitative estimate of drug-likeness (QED) is 0.806. The van der Waals surface area contributed by atoms with Crippen molar-refractivity contribution >= 4 is 28.5 Å². The highest BCUT2D eigenvalue weighted by Gasteiger charge is 2.25. The van der Waals surface area contributed by atoms with Crippen LogP contribution in [0.2, 0.25) is 0 Å². The molecule has 1 aliphatic heterocycles. The van der Waals surface area contributed by atoms with Gasteiger partial charge in [0.05, 0.1) is 19.2 Å². The van der Waals surface area contributed by atoms with Crippen molar-refractivity contribution in [2.24, 2.45) is 4.99 Å². The third-order valence-electron chi connectivity index (χ3n) is 4.02. The molecule has 1 amide bonds. The van der Waals surface area contributed by atoms with Crippen LogP contribution in [0.15, 0.2) is 29.3 Å². The molecule has 0 atom stereocenters. The van der Waals surface area contributed by atoms with E-state index in [0.29, 0.717) is 30.1 Å². The minimum atomic E-state index is 0.0639. The Labute approximate surface area is 144 Å². The van der Waals surface area contributed by atoms with E-state index >= 15 is 0 Å². The highest BCUT2D eigenvalue weighted by Crippen LogP contribution is 2.38. The third-order valence-corrected chi connectivity index (χ3v) is 5.14. The number of aliphatic imine (C=N–C) groups is 1. The molecule has 6 heteroatoms. The number of benzene rings is 1. The van der Waals surface area contributed by atoms with Gasteiger partial charge in [0.25, 0.3) is 0 Å². The summed E-state index contributed by atoms with van der Waals surface area (Å²) >= 11 is 1.49. The van der Waals surface area contributed by atoms with E-state index in [4.69, 9.17) is 4.74 Å². The molecule has 3 rings (SSSR count). The number of nitriles is 1. The molecule has 0 bridgehead atoms. The number of thiophene rings is 1. The molecule has 0 radical (unpaired) electrons. The molecule has 0 unspecified atom stereocenters. The first kappa shape index (κ1) is 16.2. The van der Waals surface area contributed by atoms with Crippen molar-refractivity contribution in [1.29, 1.82) is 5.26 Å². The first-order valence-corrected chi connectivity index (χ1v) is 8.42. The van der Waals surface area contributed by atoms with Crippen molar-refractivity contribution in [1.82, 2.24) is 4.90 Å². The van der Waals surface area contributed by atoms with Crippen molar-refractivity contribution in [3.8, 4) is 11.8 Å². The molecular weight excluding hydrogens is 322 g/mol. The fourth-order valence-corrected chi connectivity index (χ4v) is 3.88. The second-order valence-corrected chi connectivity index (χ2v) is 6.60. The molecule has 0 saturated heterocycles. The molecule has 2 heterocycles. The predicted octanol–water partition coefficient (Wildman–Crippen LogP) is 3.28. The number of hydrogen-bond acceptors (Lipinski definition) is 5. The molecule has 0 aliphatic carbocycles. The standard InChI is InChI=1S/C18H17N3O2S/c1-12(22)21-7-6-15-16(9-19)18(24-17(15)11-21)20-10-13-4-3-5-14(8-13)23-2/h3-5,8,10H,6-7,11H2,1-2H3. The molecule has 1 aromatic carbocycles. The summed E-state index contributed by atoms with van der Waals surface area (Å²) in [6.07, 6.45) is 2.45. The predicted molar refractivity (Wildman–Crippen MR) is 94.1 cm³/mol. The van der Waals surface area contributed by atoms with Crippen molar-refractivity contribution in [3.05, 3.63) is 45.8 Å². The molecule has 2 aromatic rings. The van der Waals surface area contributed by atoms with E-state index in [-0.39, 0.29) is 5.91 Å². The number of carbonyl (C=O) groups is 1. The van der Waals surface area contributed by atoms with Gasteiger partial charge in [-0.1, -0.05) is 12.1 Å². The summed E-state index contributed by atoms with van der Waals surface area (Å²) in [5.41, 5.74) is 2.59. The molecule has 0 fully saturated rings. The van der Waals surface area contributed by atoms with E-state index in [1.165, 1.54) is 11.3 Å². The minimum Gasteiger partial charge on any atom is -0.497 e. The first-order chi connectivity index (χ1) is 11.6. The first-order valence-electron chi connectivity index (χ1n) is 7.60. The highest BCUT2D eigenvalue weighted by molar-refractivity contribution is 7.16. The monoisotopic (exact) mass is 339 g/mol. The summed E-state index contributed by atoms with van der Waals surface area (Å²) in [5.74, 6) is 0.830. The van der Waals surface area contributed by atoms with Crippen LogP contribution in [-0.2, 0) is 17.8 Å². The van der Waals surface area contributed by atoms with Gasteiger partial charge >= 0.3 is 0 Å². The molecule has 0 saturated carbocycles. The summed E-state index contributed by atoms with van der Waals surface area (Å²) < 4.78 is 5.20. The number of nitrogens with zero attached hydrogens (tertiary/aromatic N) is 3. The topological polar surface area (TPSA) is 65.7 Å². The van der Waals surface area contributed by atoms with E-state index in [0.717, 1.165) is 21.8 Å². The second kappa shape index (κ2) is 6.85. The van der Waals surface area contributed by atoms with Crippen LogP contribution >= 0.6 is 11.3 Å². The summed E-state index contributed by atoms with van der Waals surface area (Å²) in [4.78, 5) is 18.9. The Balaban J connectivity index is 1.90. The molecule has 122 valence electrons. The van der Waals surface area contributed by atoms with Gasteiger partial charge in [0.1, 0.15) is 16.8 Å². The number of ether oxygens (including phenoxy) is 1. The maximum Gasteiger partial charge on any atom is 0.219 e. The fraction of sp³-hybridized carbons (Fsp3) is 0.278. The summed E-state index contributed by atoms with van der Waals surface area (Å²) in [6, 6.07) is 9.87. The molecular formula is C18H17N3O2S. The van der Waals surface area contributed by atoms with E-state index in [9.17, 15) is 10.1 Å². The van der Waals surface area contributed by atoms with Crippen LogP contribution in [0.4, 0.5) is 5.00 Å². The number of carbonyl (C=O) groups excluding carboxylic acids is 1. The molecule has 24 heavy (non-hydrogen) atoms. The van der Waals surface area contributed by atoms with Crippen LogP contribution in [0, 0.1) is 11.3 Å². The summed E-state index contributed by atoms with van der Waals surface area (Å²) in [6.45, 7) is 2.80. The van der Waals surface area contributed by atoms with Gasteiger partial charge in [0, 0.05) is 24.6 Å². The molecule has 5 nitrogen and oxygen atoms in total. The lowest BCUT2D eigenvalue weighted by Gasteiger charge is -2.25. The van der Waals surface area contributed by atoms with Gasteiger partial charge in [0.15, 0.2) is 0 Å². The number of methoxy groups -OCH3 is 1. The van der Waals surface area contributed by atoms with Gasteiger partial charge in [-0.3, -0.25) is 4.79 Å². The Morgan fingerprint density at radius 1 is 1.50 bits per heavy atom. The Kier molecular flexibility index (Phi) is 4.63. The van der Waals surface area contributed by atoms with Crippen molar-refractivity contribution in [3.63, 3.8) is 0 Å². The normalized spacial score (nSPS) is 13.6. The zero-order valence-corrected chi connectivity index (χ0v) is 14.4. The van der Waals surface area contributed by atoms with E-state index < -0.39 is 0 Å². The molecule has 0 N–H and O–H groups in total. The van der Waals surface area contributed by atoms with E-state index in [1.807, 2.05) is 24.3 Å². The van der Waals surface area contributed by atoms with Gasteiger partial charge in [-0.2, -0.15) is 5.26 Å². The van der Waals surface area contributed by atoms with Gasteiger partial charge in [-0.15, -0.1) is 11.3 Å². The van der Waals surface area contributed by atoms with E-state index in [2.05, 4.69) is 11.1 Å². The average molecular weight is 339 g/mol. The lowest BCUT2D eigenvalue weighted by molar-refractivity contribution is -0.129. The molecule has 0 spiro atoms. The fourth-order valence-electron chi connectivity index (χ4n) is 2.72. The minimum absolute atomic E-state index is 0.0639. The second-order valence-electron chi connectivity index (χ2n) is 5.52. The van der Waals surface area contributed by atoms with Crippen LogP contribution in [0.5, 0.6) is 5.75 Å². The van der Waals surface area contributed by atoms with Crippen LogP contribution in [0.25, 0.3) is 0 Å². The summed E-state index contributed by atoms with van der Waals surface area (Å²) in [7, 11) is 1.62. The number of fused-ring (bicyclic) bond motifs is 1. The van der Waals surface area contributed by atoms with Gasteiger partial charge in [0.2, 0.25) is 5.91 Å². The smallest absolute Gasteiger partial charge is 0.219 e. The van der Waals surface area contributed by atoms with Crippen LogP contribution in [0.1, 0.15) is 28.5 Å². The SMILES string of the molecule is COc1cccc(C=Nc2sc3c(c2C#N)CCN(C(C)=O)C3)c1. The highest BCUT2D eigenvalue weighted by atomic mass is 32.1. The van der Waals surface area contributed by atoms with E-state index in [1.54, 1.807) is 25.1 Å². The van der Waals surface area contributed by atoms with Gasteiger partial charge in [-0.25, -0.2) is 4.99 Å². The van der Waals surface area contributed by atoms with Crippen LogP contribution in [-0.4, -0.2) is 30.7 Å². The Morgan fingerprint density at radius 2 is 2.33 bits per heavy atom. The number of hydrogen-bond donors (Lipinski definition) is 0. The van der Waals surface area contributed by atoms with Crippen molar-refractivity contribution in [2.45, 2.75) is 19.9 Å². The number of rotatable bonds is 3. The van der Waals surface area contributed by atoms with Gasteiger partial charge < -0.3 is 9.64 Å². The maximum absolute atomic E-state index is 11.6. The zero-order chi connectivity index (χ0) is 17.1. The largest absolute Gasteiger partial charge is 0.497 e. The Morgan fingerprint density at radius 3 is 3.04 bits per heavy atom.